The minimum Gasteiger partial charge on any atom is -0.355 e. The molecule has 4 heteroatoms. The Bertz CT molecular complexity index is 456. The Morgan fingerprint density at radius 3 is 2.90 bits per heavy atom. The monoisotopic (exact) mass is 278 g/mol. The maximum absolute atomic E-state index is 13.5. The van der Waals surface area contributed by atoms with Crippen LogP contribution in [0.5, 0.6) is 0 Å². The number of hydrogen-bond acceptors (Lipinski definition) is 2. The van der Waals surface area contributed by atoms with Crippen LogP contribution in [0, 0.1) is 11.2 Å². The molecule has 1 fully saturated rings. The molecular formula is C16H23FN2O. The van der Waals surface area contributed by atoms with Crippen LogP contribution in [0.3, 0.4) is 0 Å². The first-order valence-electron chi connectivity index (χ1n) is 7.40. The number of rotatable bonds is 6. The summed E-state index contributed by atoms with van der Waals surface area (Å²) in [6.45, 7) is 4.25. The predicted molar refractivity (Wildman–Crippen MR) is 77.9 cm³/mol. The second kappa shape index (κ2) is 6.84. The van der Waals surface area contributed by atoms with Gasteiger partial charge in [0.15, 0.2) is 0 Å². The Morgan fingerprint density at radius 1 is 1.45 bits per heavy atom. The van der Waals surface area contributed by atoms with E-state index in [2.05, 4.69) is 17.6 Å². The Hall–Kier alpha value is -1.42. The number of halogens is 1. The molecule has 0 radical (unpaired) electrons. The van der Waals surface area contributed by atoms with Crippen molar-refractivity contribution < 1.29 is 9.18 Å². The number of carbonyl (C=O) groups is 1. The first-order valence-corrected chi connectivity index (χ1v) is 7.40. The van der Waals surface area contributed by atoms with Gasteiger partial charge in [0.25, 0.3) is 0 Å². The molecule has 0 aromatic heterocycles. The third-order valence-electron chi connectivity index (χ3n) is 4.09. The molecule has 0 bridgehead atoms. The molecule has 1 amide bonds. The third kappa shape index (κ3) is 3.37. The maximum Gasteiger partial charge on any atom is 0.227 e. The van der Waals surface area contributed by atoms with Gasteiger partial charge in [-0.05, 0) is 37.4 Å². The molecule has 1 atom stereocenters. The van der Waals surface area contributed by atoms with E-state index in [-0.39, 0.29) is 17.1 Å². The van der Waals surface area contributed by atoms with Gasteiger partial charge in [0, 0.05) is 13.1 Å². The Morgan fingerprint density at radius 2 is 2.25 bits per heavy atom. The van der Waals surface area contributed by atoms with Gasteiger partial charge in [-0.1, -0.05) is 31.5 Å². The molecule has 1 aliphatic rings. The highest BCUT2D eigenvalue weighted by Crippen LogP contribution is 2.31. The molecule has 1 heterocycles. The number of benzene rings is 1. The van der Waals surface area contributed by atoms with Crippen LogP contribution >= 0.6 is 0 Å². The van der Waals surface area contributed by atoms with Gasteiger partial charge in [-0.15, -0.1) is 0 Å². The highest BCUT2D eigenvalue weighted by molar-refractivity contribution is 5.83. The average molecular weight is 278 g/mol. The van der Waals surface area contributed by atoms with Crippen molar-refractivity contribution in [3.05, 3.63) is 35.6 Å². The smallest absolute Gasteiger partial charge is 0.227 e. The zero-order chi connectivity index (χ0) is 14.4. The minimum absolute atomic E-state index is 0.112. The lowest BCUT2D eigenvalue weighted by Crippen LogP contribution is -2.43. The molecule has 2 N–H and O–H groups in total. The summed E-state index contributed by atoms with van der Waals surface area (Å²) in [6.07, 6.45) is 3.34. The van der Waals surface area contributed by atoms with E-state index in [1.54, 1.807) is 12.1 Å². The lowest BCUT2D eigenvalue weighted by Gasteiger charge is -2.26. The van der Waals surface area contributed by atoms with Crippen LogP contribution in [0.1, 0.15) is 31.7 Å². The quantitative estimate of drug-likeness (QED) is 0.838. The van der Waals surface area contributed by atoms with Crippen LogP contribution in [-0.2, 0) is 11.2 Å². The average Bonchev–Trinajstić information content (AvgIpc) is 2.91. The van der Waals surface area contributed by atoms with Crippen LogP contribution in [-0.4, -0.2) is 25.5 Å². The molecule has 1 aromatic rings. The first-order chi connectivity index (χ1) is 9.68. The summed E-state index contributed by atoms with van der Waals surface area (Å²) in [6, 6.07) is 6.72. The van der Waals surface area contributed by atoms with Crippen molar-refractivity contribution in [2.75, 3.05) is 19.6 Å². The normalized spacial score (nSPS) is 21.9. The fourth-order valence-electron chi connectivity index (χ4n) is 2.94. The molecule has 1 saturated heterocycles. The lowest BCUT2D eigenvalue weighted by molar-refractivity contribution is -0.130. The zero-order valence-electron chi connectivity index (χ0n) is 12.0. The second-order valence-corrected chi connectivity index (χ2v) is 5.55. The molecule has 1 aliphatic heterocycles. The fourth-order valence-corrected chi connectivity index (χ4v) is 2.94. The lowest BCUT2D eigenvalue weighted by atomic mass is 9.81. The molecule has 0 spiro atoms. The van der Waals surface area contributed by atoms with E-state index in [4.69, 9.17) is 0 Å². The van der Waals surface area contributed by atoms with Crippen LogP contribution in [0.2, 0.25) is 0 Å². The van der Waals surface area contributed by atoms with Gasteiger partial charge in [-0.3, -0.25) is 4.79 Å². The Balaban J connectivity index is 1.87. The zero-order valence-corrected chi connectivity index (χ0v) is 12.0. The molecule has 1 aromatic carbocycles. The highest BCUT2D eigenvalue weighted by atomic mass is 19.1. The van der Waals surface area contributed by atoms with E-state index in [0.717, 1.165) is 32.4 Å². The third-order valence-corrected chi connectivity index (χ3v) is 4.09. The van der Waals surface area contributed by atoms with E-state index in [9.17, 15) is 9.18 Å². The topological polar surface area (TPSA) is 41.1 Å². The number of hydrogen-bond donors (Lipinski definition) is 2. The van der Waals surface area contributed by atoms with Gasteiger partial charge in [-0.2, -0.15) is 0 Å². The first kappa shape index (κ1) is 15.0. The Labute approximate surface area is 120 Å². The molecular weight excluding hydrogens is 255 g/mol. The Kier molecular flexibility index (Phi) is 5.12. The van der Waals surface area contributed by atoms with Crippen LogP contribution in [0.25, 0.3) is 0 Å². The van der Waals surface area contributed by atoms with E-state index in [0.29, 0.717) is 18.5 Å². The highest BCUT2D eigenvalue weighted by Gasteiger charge is 2.39. The summed E-state index contributed by atoms with van der Waals surface area (Å²) in [4.78, 5) is 12.4. The van der Waals surface area contributed by atoms with E-state index in [1.807, 2.05) is 6.07 Å². The molecule has 0 aliphatic carbocycles. The van der Waals surface area contributed by atoms with Gasteiger partial charge < -0.3 is 10.6 Å². The van der Waals surface area contributed by atoms with Gasteiger partial charge >= 0.3 is 0 Å². The van der Waals surface area contributed by atoms with Crippen molar-refractivity contribution in [1.82, 2.24) is 10.6 Å². The number of amides is 1. The van der Waals surface area contributed by atoms with Gasteiger partial charge in [0.2, 0.25) is 5.91 Å². The van der Waals surface area contributed by atoms with Crippen molar-refractivity contribution in [2.45, 2.75) is 32.6 Å². The van der Waals surface area contributed by atoms with E-state index >= 15 is 0 Å². The number of carbonyl (C=O) groups excluding carboxylic acids is 1. The summed E-state index contributed by atoms with van der Waals surface area (Å²) >= 11 is 0. The second-order valence-electron chi connectivity index (χ2n) is 5.55. The van der Waals surface area contributed by atoms with Crippen molar-refractivity contribution >= 4 is 5.91 Å². The molecule has 20 heavy (non-hydrogen) atoms. The summed E-state index contributed by atoms with van der Waals surface area (Å²) in [7, 11) is 0. The van der Waals surface area contributed by atoms with Crippen molar-refractivity contribution in [3.8, 4) is 0 Å². The van der Waals surface area contributed by atoms with Crippen LogP contribution < -0.4 is 10.6 Å². The molecule has 0 saturated carbocycles. The van der Waals surface area contributed by atoms with Gasteiger partial charge in [0.05, 0.1) is 5.41 Å². The summed E-state index contributed by atoms with van der Waals surface area (Å²) in [5.41, 5.74) is 0.395. The number of nitrogens with one attached hydrogen (secondary N) is 2. The van der Waals surface area contributed by atoms with Gasteiger partial charge in [0.1, 0.15) is 5.82 Å². The molecule has 2 rings (SSSR count). The van der Waals surface area contributed by atoms with E-state index < -0.39 is 0 Å². The summed E-state index contributed by atoms with van der Waals surface area (Å²) in [5.74, 6) is -0.0896. The SMILES string of the molecule is CCCC1(C(=O)NCCc2ccccc2F)CCNC1. The van der Waals surface area contributed by atoms with E-state index in [1.165, 1.54) is 6.07 Å². The minimum atomic E-state index is -0.260. The van der Waals surface area contributed by atoms with Crippen molar-refractivity contribution in [2.24, 2.45) is 5.41 Å². The van der Waals surface area contributed by atoms with Crippen LogP contribution in [0.15, 0.2) is 24.3 Å². The summed E-state index contributed by atoms with van der Waals surface area (Å²) < 4.78 is 13.5. The molecule has 3 nitrogen and oxygen atoms in total. The van der Waals surface area contributed by atoms with Gasteiger partial charge in [-0.25, -0.2) is 4.39 Å². The van der Waals surface area contributed by atoms with Crippen molar-refractivity contribution in [1.29, 1.82) is 0 Å². The molecule has 110 valence electrons. The standard InChI is InChI=1S/C16H23FN2O/c1-2-8-16(9-11-18-12-16)15(20)19-10-7-13-5-3-4-6-14(13)17/h3-6,18H,2,7-12H2,1H3,(H,19,20). The predicted octanol–water partition coefficient (Wildman–Crippen LogP) is 2.26. The van der Waals surface area contributed by atoms with Crippen LogP contribution in [0.4, 0.5) is 4.39 Å². The molecule has 1 unspecified atom stereocenters. The summed E-state index contributed by atoms with van der Waals surface area (Å²) in [5, 5.41) is 6.26. The fraction of sp³-hybridized carbons (Fsp3) is 0.562. The maximum atomic E-state index is 13.5. The van der Waals surface area contributed by atoms with Crippen molar-refractivity contribution in [3.63, 3.8) is 0 Å². The largest absolute Gasteiger partial charge is 0.355 e.